The highest BCUT2D eigenvalue weighted by Crippen LogP contribution is 2.72. The van der Waals surface area contributed by atoms with Crippen molar-refractivity contribution in [2.75, 3.05) is 0 Å². The molecule has 2 bridgehead atoms. The van der Waals surface area contributed by atoms with E-state index in [1.807, 2.05) is 0 Å². The molecule has 0 saturated heterocycles. The van der Waals surface area contributed by atoms with E-state index in [9.17, 15) is 5.11 Å². The van der Waals surface area contributed by atoms with E-state index in [0.717, 1.165) is 18.3 Å². The van der Waals surface area contributed by atoms with Gasteiger partial charge in [0.2, 0.25) is 0 Å². The van der Waals surface area contributed by atoms with Crippen molar-refractivity contribution in [2.45, 2.75) is 91.1 Å². The van der Waals surface area contributed by atoms with Crippen LogP contribution in [0.15, 0.2) is 0 Å². The highest BCUT2D eigenvalue weighted by molar-refractivity contribution is 5.15. The molecule has 1 heteroatoms. The molecule has 0 heterocycles. The van der Waals surface area contributed by atoms with Crippen molar-refractivity contribution < 1.29 is 5.11 Å². The minimum atomic E-state index is -0.373. The van der Waals surface area contributed by atoms with Gasteiger partial charge in [0.1, 0.15) is 0 Å². The third-order valence-corrected chi connectivity index (χ3v) is 8.79. The molecule has 120 valence electrons. The molecule has 0 amide bonds. The third-order valence-electron chi connectivity index (χ3n) is 8.79. The van der Waals surface area contributed by atoms with Crippen molar-refractivity contribution in [1.82, 2.24) is 0 Å². The molecule has 6 atom stereocenters. The predicted molar refractivity (Wildman–Crippen MR) is 87.0 cm³/mol. The summed E-state index contributed by atoms with van der Waals surface area (Å²) in [4.78, 5) is 0. The largest absolute Gasteiger partial charge is 0.390 e. The van der Waals surface area contributed by atoms with Crippen LogP contribution < -0.4 is 0 Å². The van der Waals surface area contributed by atoms with Crippen LogP contribution in [0.2, 0.25) is 0 Å². The number of aliphatic hydroxyl groups is 1. The van der Waals surface area contributed by atoms with Gasteiger partial charge in [-0.05, 0) is 92.3 Å². The first-order chi connectivity index (χ1) is 9.70. The lowest BCUT2D eigenvalue weighted by molar-refractivity contribution is -0.145. The Morgan fingerprint density at radius 1 is 0.857 bits per heavy atom. The van der Waals surface area contributed by atoms with Crippen molar-refractivity contribution >= 4 is 0 Å². The molecule has 0 aliphatic heterocycles. The highest BCUT2D eigenvalue weighted by atomic mass is 16.3. The van der Waals surface area contributed by atoms with Gasteiger partial charge in [-0.25, -0.2) is 0 Å². The van der Waals surface area contributed by atoms with Gasteiger partial charge in [-0.1, -0.05) is 27.2 Å². The summed E-state index contributed by atoms with van der Waals surface area (Å²) in [6.45, 7) is 9.83. The van der Waals surface area contributed by atoms with Gasteiger partial charge in [0, 0.05) is 0 Å². The minimum Gasteiger partial charge on any atom is -0.390 e. The fraction of sp³-hybridized carbons (Fsp3) is 1.00. The molecular weight excluding hydrogens is 256 g/mol. The van der Waals surface area contributed by atoms with Crippen LogP contribution in [0.4, 0.5) is 0 Å². The van der Waals surface area contributed by atoms with Crippen LogP contribution in [-0.2, 0) is 0 Å². The summed E-state index contributed by atoms with van der Waals surface area (Å²) < 4.78 is 0. The Morgan fingerprint density at radius 3 is 2.38 bits per heavy atom. The summed E-state index contributed by atoms with van der Waals surface area (Å²) in [5.74, 6) is 2.38. The topological polar surface area (TPSA) is 20.2 Å². The van der Waals surface area contributed by atoms with Crippen molar-refractivity contribution in [2.24, 2.45) is 34.0 Å². The minimum absolute atomic E-state index is 0.373. The highest BCUT2D eigenvalue weighted by Gasteiger charge is 2.65. The van der Waals surface area contributed by atoms with E-state index in [1.54, 1.807) is 0 Å². The Morgan fingerprint density at radius 2 is 1.62 bits per heavy atom. The summed E-state index contributed by atoms with van der Waals surface area (Å²) in [6, 6.07) is 0. The van der Waals surface area contributed by atoms with Crippen molar-refractivity contribution in [1.29, 1.82) is 0 Å². The molecule has 0 aromatic rings. The lowest BCUT2D eigenvalue weighted by Crippen LogP contribution is -2.55. The smallest absolute Gasteiger partial charge is 0.0653 e. The molecular formula is C20H34O. The number of hydrogen-bond donors (Lipinski definition) is 1. The first kappa shape index (κ1) is 14.5. The molecule has 4 aliphatic carbocycles. The maximum Gasteiger partial charge on any atom is 0.0653 e. The monoisotopic (exact) mass is 290 g/mol. The maximum absolute atomic E-state index is 10.9. The Hall–Kier alpha value is -0.0400. The summed E-state index contributed by atoms with van der Waals surface area (Å²) in [7, 11) is 0. The van der Waals surface area contributed by atoms with E-state index < -0.39 is 0 Å². The molecule has 4 aliphatic rings. The van der Waals surface area contributed by atoms with Crippen LogP contribution in [0, 0.1) is 34.0 Å². The van der Waals surface area contributed by atoms with Gasteiger partial charge >= 0.3 is 0 Å². The summed E-state index contributed by atoms with van der Waals surface area (Å²) in [5, 5.41) is 10.9. The molecule has 1 nitrogen and oxygen atoms in total. The zero-order valence-corrected chi connectivity index (χ0v) is 14.5. The summed E-state index contributed by atoms with van der Waals surface area (Å²) in [6.07, 6.45) is 12.2. The molecule has 0 radical (unpaired) electrons. The van der Waals surface area contributed by atoms with Crippen molar-refractivity contribution in [3.8, 4) is 0 Å². The van der Waals surface area contributed by atoms with E-state index in [4.69, 9.17) is 0 Å². The van der Waals surface area contributed by atoms with E-state index in [2.05, 4.69) is 27.7 Å². The van der Waals surface area contributed by atoms with Gasteiger partial charge in [-0.2, -0.15) is 0 Å². The molecule has 4 saturated carbocycles. The fourth-order valence-corrected chi connectivity index (χ4v) is 8.12. The second kappa shape index (κ2) is 4.08. The zero-order chi connectivity index (χ0) is 15.1. The van der Waals surface area contributed by atoms with E-state index in [-0.39, 0.29) is 5.60 Å². The quantitative estimate of drug-likeness (QED) is 0.652. The van der Waals surface area contributed by atoms with Crippen LogP contribution in [-0.4, -0.2) is 10.7 Å². The molecule has 21 heavy (non-hydrogen) atoms. The van der Waals surface area contributed by atoms with Crippen molar-refractivity contribution in [3.63, 3.8) is 0 Å². The fourth-order valence-electron chi connectivity index (χ4n) is 8.12. The zero-order valence-electron chi connectivity index (χ0n) is 14.5. The van der Waals surface area contributed by atoms with Crippen LogP contribution in [0.1, 0.15) is 85.5 Å². The van der Waals surface area contributed by atoms with Gasteiger partial charge in [0.25, 0.3) is 0 Å². The average Bonchev–Trinajstić information content (AvgIpc) is 2.53. The van der Waals surface area contributed by atoms with Gasteiger partial charge in [-0.15, -0.1) is 0 Å². The molecule has 1 N–H and O–H groups in total. The maximum atomic E-state index is 10.9. The summed E-state index contributed by atoms with van der Waals surface area (Å²) in [5.41, 5.74) is 1.20. The van der Waals surface area contributed by atoms with E-state index >= 15 is 0 Å². The van der Waals surface area contributed by atoms with Gasteiger partial charge in [0.05, 0.1) is 5.60 Å². The van der Waals surface area contributed by atoms with Crippen LogP contribution in [0.5, 0.6) is 0 Å². The number of hydrogen-bond acceptors (Lipinski definition) is 1. The van der Waals surface area contributed by atoms with Gasteiger partial charge in [-0.3, -0.25) is 0 Å². The number of rotatable bonds is 0. The van der Waals surface area contributed by atoms with Gasteiger partial charge < -0.3 is 5.11 Å². The summed E-state index contributed by atoms with van der Waals surface area (Å²) >= 11 is 0. The second-order valence-corrected chi connectivity index (χ2v) is 10.4. The first-order valence-electron chi connectivity index (χ1n) is 9.42. The average molecular weight is 290 g/mol. The lowest BCUT2D eigenvalue weighted by atomic mass is 9.41. The standard InChI is InChI=1S/C20H34O/c1-17(2)9-5-10-18(3)15(17)8-11-20-12-14(6-7-16(18)20)19(4,21)13-20/h14-16,21H,5-13H2,1-4H3/t14-,15+,16-,18+,19-,20-/m1/s1. The number of fused-ring (bicyclic) bond motifs is 3. The molecule has 0 unspecified atom stereocenters. The predicted octanol–water partition coefficient (Wildman–Crippen LogP) is 5.17. The van der Waals surface area contributed by atoms with Crippen LogP contribution >= 0.6 is 0 Å². The second-order valence-electron chi connectivity index (χ2n) is 10.4. The Bertz CT molecular complexity index is 451. The SMILES string of the molecule is CC1(C)CCC[C@@]2(C)[C@H]1CC[C@]13C[C@@H](CC[C@@H]12)[C@](C)(O)C3. The van der Waals surface area contributed by atoms with Crippen LogP contribution in [0.25, 0.3) is 0 Å². The molecule has 0 aromatic carbocycles. The molecule has 4 rings (SSSR count). The Labute approximate surface area is 130 Å². The van der Waals surface area contributed by atoms with Crippen LogP contribution in [0.3, 0.4) is 0 Å². The van der Waals surface area contributed by atoms with Gasteiger partial charge in [0.15, 0.2) is 0 Å². The van der Waals surface area contributed by atoms with E-state index in [1.165, 1.54) is 51.4 Å². The first-order valence-corrected chi connectivity index (χ1v) is 9.42. The van der Waals surface area contributed by atoms with Crippen molar-refractivity contribution in [3.05, 3.63) is 0 Å². The Kier molecular flexibility index (Phi) is 2.82. The van der Waals surface area contributed by atoms with E-state index in [0.29, 0.717) is 22.2 Å². The molecule has 1 spiro atoms. The normalized spacial score (nSPS) is 58.4. The molecule has 0 aromatic heterocycles. The Balaban J connectivity index is 1.73. The lowest BCUT2D eigenvalue weighted by Gasteiger charge is -2.64. The molecule has 4 fully saturated rings. The third kappa shape index (κ3) is 1.79.